The van der Waals surface area contributed by atoms with Crippen LogP contribution in [0.3, 0.4) is 0 Å². The summed E-state index contributed by atoms with van der Waals surface area (Å²) in [5.41, 5.74) is 3.22. The fourth-order valence-corrected chi connectivity index (χ4v) is 1.01. The highest BCUT2D eigenvalue weighted by Gasteiger charge is 2.21. The number of aromatic nitrogens is 2. The molecule has 0 fully saturated rings. The third-order valence-electron chi connectivity index (χ3n) is 1.64. The van der Waals surface area contributed by atoms with Crippen LogP contribution in [-0.4, -0.2) is 27.0 Å². The Morgan fingerprint density at radius 3 is 2.56 bits per heavy atom. The lowest BCUT2D eigenvalue weighted by Crippen LogP contribution is -2.17. The van der Waals surface area contributed by atoms with Gasteiger partial charge in [-0.1, -0.05) is 0 Å². The minimum Gasteiger partial charge on any atom is -0.478 e. The Labute approximate surface area is 88.1 Å². The van der Waals surface area contributed by atoms with Crippen LogP contribution in [-0.2, 0) is 11.2 Å². The summed E-state index contributed by atoms with van der Waals surface area (Å²) in [5, 5.41) is 8.58. The Kier molecular flexibility index (Phi) is 3.44. The van der Waals surface area contributed by atoms with Gasteiger partial charge in [0.2, 0.25) is 5.91 Å². The maximum atomic E-state index is 12.4. The van der Waals surface area contributed by atoms with Crippen LogP contribution in [0.4, 0.5) is 8.78 Å². The molecule has 0 spiro atoms. The summed E-state index contributed by atoms with van der Waals surface area (Å²) in [4.78, 5) is 27.8. The first-order valence-corrected chi connectivity index (χ1v) is 4.07. The van der Waals surface area contributed by atoms with Gasteiger partial charge in [-0.25, -0.2) is 23.5 Å². The second-order valence-corrected chi connectivity index (χ2v) is 2.83. The minimum absolute atomic E-state index is 0.229. The van der Waals surface area contributed by atoms with E-state index in [0.717, 1.165) is 6.20 Å². The van der Waals surface area contributed by atoms with Gasteiger partial charge < -0.3 is 10.8 Å². The standard InChI is InChI=1S/C8H7F2N3O3/c9-7(10)6-3(8(15)16)2-12-5(13-6)1-4(11)14/h2,7H,1H2,(H2,11,14)(H,15,16). The van der Waals surface area contributed by atoms with Crippen LogP contribution in [0.25, 0.3) is 0 Å². The Bertz CT molecular complexity index is 437. The zero-order chi connectivity index (χ0) is 12.3. The van der Waals surface area contributed by atoms with Crippen molar-refractivity contribution in [3.8, 4) is 0 Å². The van der Waals surface area contributed by atoms with E-state index in [9.17, 15) is 18.4 Å². The Morgan fingerprint density at radius 2 is 2.12 bits per heavy atom. The van der Waals surface area contributed by atoms with E-state index in [1.54, 1.807) is 0 Å². The van der Waals surface area contributed by atoms with Crippen molar-refractivity contribution < 1.29 is 23.5 Å². The van der Waals surface area contributed by atoms with Crippen molar-refractivity contribution in [1.29, 1.82) is 0 Å². The molecule has 1 amide bonds. The molecule has 0 radical (unpaired) electrons. The lowest BCUT2D eigenvalue weighted by Gasteiger charge is -2.05. The maximum Gasteiger partial charge on any atom is 0.339 e. The van der Waals surface area contributed by atoms with Crippen LogP contribution in [0.15, 0.2) is 6.20 Å². The molecule has 0 saturated heterocycles. The molecule has 1 rings (SSSR count). The molecule has 86 valence electrons. The van der Waals surface area contributed by atoms with Gasteiger partial charge in [0.05, 0.1) is 6.42 Å². The summed E-state index contributed by atoms with van der Waals surface area (Å²) in [6.45, 7) is 0. The molecule has 0 aliphatic carbocycles. The predicted molar refractivity (Wildman–Crippen MR) is 46.8 cm³/mol. The number of nitrogens with two attached hydrogens (primary N) is 1. The number of alkyl halides is 2. The van der Waals surface area contributed by atoms with E-state index >= 15 is 0 Å². The minimum atomic E-state index is -3.05. The predicted octanol–water partition coefficient (Wildman–Crippen LogP) is 0.140. The number of hydrogen-bond donors (Lipinski definition) is 2. The Hall–Kier alpha value is -2.12. The van der Waals surface area contributed by atoms with Crippen molar-refractivity contribution in [3.05, 3.63) is 23.3 Å². The summed E-state index contributed by atoms with van der Waals surface area (Å²) >= 11 is 0. The van der Waals surface area contributed by atoms with Crippen molar-refractivity contribution in [1.82, 2.24) is 9.97 Å². The van der Waals surface area contributed by atoms with Crippen molar-refractivity contribution in [2.75, 3.05) is 0 Å². The summed E-state index contributed by atoms with van der Waals surface area (Å²) in [6, 6.07) is 0. The van der Waals surface area contributed by atoms with Gasteiger partial charge in [0, 0.05) is 6.20 Å². The van der Waals surface area contributed by atoms with E-state index in [0.29, 0.717) is 0 Å². The highest BCUT2D eigenvalue weighted by atomic mass is 19.3. The molecule has 0 unspecified atom stereocenters. The van der Waals surface area contributed by atoms with Gasteiger partial charge in [-0.05, 0) is 0 Å². The maximum absolute atomic E-state index is 12.4. The van der Waals surface area contributed by atoms with Crippen molar-refractivity contribution in [2.24, 2.45) is 5.73 Å². The fourth-order valence-electron chi connectivity index (χ4n) is 1.01. The molecule has 1 aromatic heterocycles. The zero-order valence-electron chi connectivity index (χ0n) is 7.85. The first kappa shape index (κ1) is 12.0. The summed E-state index contributed by atoms with van der Waals surface area (Å²) in [5.74, 6) is -2.57. The Balaban J connectivity index is 3.17. The van der Waals surface area contributed by atoms with Crippen molar-refractivity contribution in [2.45, 2.75) is 12.8 Å². The number of carboxylic acids is 1. The molecule has 0 bridgehead atoms. The van der Waals surface area contributed by atoms with Gasteiger partial charge in [-0.3, -0.25) is 4.79 Å². The second kappa shape index (κ2) is 4.60. The average Bonchev–Trinajstić information content (AvgIpc) is 2.16. The third kappa shape index (κ3) is 2.69. The normalized spacial score (nSPS) is 10.4. The van der Waals surface area contributed by atoms with Crippen molar-refractivity contribution in [3.63, 3.8) is 0 Å². The SMILES string of the molecule is NC(=O)Cc1ncc(C(=O)O)c(C(F)F)n1. The summed E-state index contributed by atoms with van der Waals surface area (Å²) in [6.07, 6.45) is -2.74. The van der Waals surface area contributed by atoms with E-state index in [2.05, 4.69) is 9.97 Å². The smallest absolute Gasteiger partial charge is 0.339 e. The molecule has 0 saturated carbocycles. The van der Waals surface area contributed by atoms with E-state index in [1.165, 1.54) is 0 Å². The van der Waals surface area contributed by atoms with Gasteiger partial charge in [0.15, 0.2) is 0 Å². The van der Waals surface area contributed by atoms with Crippen LogP contribution < -0.4 is 5.73 Å². The lowest BCUT2D eigenvalue weighted by atomic mass is 10.2. The van der Waals surface area contributed by atoms with E-state index in [-0.39, 0.29) is 5.82 Å². The topological polar surface area (TPSA) is 106 Å². The first-order chi connectivity index (χ1) is 7.41. The van der Waals surface area contributed by atoms with Crippen LogP contribution in [0.1, 0.15) is 28.3 Å². The van der Waals surface area contributed by atoms with Crippen LogP contribution in [0.5, 0.6) is 0 Å². The average molecular weight is 231 g/mol. The number of carboxylic acid groups (broad SMARTS) is 1. The molecule has 1 aromatic rings. The molecule has 0 aliphatic heterocycles. The van der Waals surface area contributed by atoms with Gasteiger partial charge in [0.25, 0.3) is 6.43 Å². The quantitative estimate of drug-likeness (QED) is 0.766. The molecule has 0 aromatic carbocycles. The summed E-state index contributed by atoms with van der Waals surface area (Å²) in [7, 11) is 0. The van der Waals surface area contributed by atoms with Crippen molar-refractivity contribution >= 4 is 11.9 Å². The number of primary amides is 1. The van der Waals surface area contributed by atoms with E-state index < -0.39 is 36.0 Å². The number of halogens is 2. The molecule has 16 heavy (non-hydrogen) atoms. The van der Waals surface area contributed by atoms with E-state index in [4.69, 9.17) is 10.8 Å². The van der Waals surface area contributed by atoms with Gasteiger partial charge >= 0.3 is 5.97 Å². The highest BCUT2D eigenvalue weighted by Crippen LogP contribution is 2.20. The number of nitrogens with zero attached hydrogens (tertiary/aromatic N) is 2. The number of carbonyl (C=O) groups is 2. The van der Waals surface area contributed by atoms with Crippen LogP contribution in [0, 0.1) is 0 Å². The third-order valence-corrected chi connectivity index (χ3v) is 1.64. The molecule has 3 N–H and O–H groups in total. The monoisotopic (exact) mass is 231 g/mol. The largest absolute Gasteiger partial charge is 0.478 e. The van der Waals surface area contributed by atoms with Gasteiger partial charge in [0.1, 0.15) is 17.1 Å². The number of hydrogen-bond acceptors (Lipinski definition) is 4. The molecule has 0 atom stereocenters. The molecule has 1 heterocycles. The zero-order valence-corrected chi connectivity index (χ0v) is 7.85. The fraction of sp³-hybridized carbons (Fsp3) is 0.250. The molecule has 6 nitrogen and oxygen atoms in total. The molecule has 8 heteroatoms. The van der Waals surface area contributed by atoms with Gasteiger partial charge in [-0.2, -0.15) is 0 Å². The molecular formula is C8H7F2N3O3. The lowest BCUT2D eigenvalue weighted by molar-refractivity contribution is -0.117. The summed E-state index contributed by atoms with van der Waals surface area (Å²) < 4.78 is 24.9. The first-order valence-electron chi connectivity index (χ1n) is 4.07. The number of amides is 1. The van der Waals surface area contributed by atoms with Gasteiger partial charge in [-0.15, -0.1) is 0 Å². The highest BCUT2D eigenvalue weighted by molar-refractivity contribution is 5.88. The molecular weight excluding hydrogens is 224 g/mol. The number of rotatable bonds is 4. The number of aromatic carboxylic acids is 1. The van der Waals surface area contributed by atoms with E-state index in [1.807, 2.05) is 0 Å². The second-order valence-electron chi connectivity index (χ2n) is 2.83. The molecule has 0 aliphatic rings. The number of carbonyl (C=O) groups excluding carboxylic acids is 1. The van der Waals surface area contributed by atoms with Crippen LogP contribution in [0.2, 0.25) is 0 Å². The van der Waals surface area contributed by atoms with Crippen LogP contribution >= 0.6 is 0 Å². The Morgan fingerprint density at radius 1 is 1.50 bits per heavy atom.